The summed E-state index contributed by atoms with van der Waals surface area (Å²) in [5, 5.41) is 16.2. The van der Waals surface area contributed by atoms with E-state index < -0.39 is 0 Å². The maximum Gasteiger partial charge on any atom is 0.0729 e. The lowest BCUT2D eigenvalue weighted by atomic mass is 10.1. The topological polar surface area (TPSA) is 50.1 Å². The van der Waals surface area contributed by atoms with Crippen molar-refractivity contribution < 1.29 is 5.11 Å². The van der Waals surface area contributed by atoms with Crippen molar-refractivity contribution in [2.24, 2.45) is 0 Å². The highest BCUT2D eigenvalue weighted by Crippen LogP contribution is 2.11. The Balaban J connectivity index is 1.95. The zero-order valence-corrected chi connectivity index (χ0v) is 9.93. The normalized spacial score (nSPS) is 10.5. The Hall–Kier alpha value is -1.81. The molecular weight excluding hydrogens is 214 g/mol. The molecule has 0 saturated carbocycles. The van der Waals surface area contributed by atoms with Crippen LogP contribution in [0.2, 0.25) is 0 Å². The van der Waals surface area contributed by atoms with Gasteiger partial charge >= 0.3 is 0 Å². The summed E-state index contributed by atoms with van der Waals surface area (Å²) in [6.07, 6.45) is 3.67. The predicted octanol–water partition coefficient (Wildman–Crippen LogP) is 1.80. The Morgan fingerprint density at radius 2 is 2.18 bits per heavy atom. The summed E-state index contributed by atoms with van der Waals surface area (Å²) in [6.45, 7) is 3.54. The van der Waals surface area contributed by atoms with Crippen LogP contribution in [0.5, 0.6) is 0 Å². The molecule has 4 heteroatoms. The standard InChI is InChI=1S/C13H17N3O/c1-11-4-2-3-5-12(11)8-14-13-9-15-16(10-13)6-7-17/h2-5,9-10,14,17H,6-8H2,1H3. The lowest BCUT2D eigenvalue weighted by Crippen LogP contribution is -2.02. The molecule has 1 aromatic carbocycles. The summed E-state index contributed by atoms with van der Waals surface area (Å²) in [5.41, 5.74) is 3.53. The fourth-order valence-corrected chi connectivity index (χ4v) is 1.69. The molecule has 0 saturated heterocycles. The van der Waals surface area contributed by atoms with Crippen LogP contribution in [-0.2, 0) is 13.1 Å². The van der Waals surface area contributed by atoms with Crippen molar-refractivity contribution in [1.29, 1.82) is 0 Å². The van der Waals surface area contributed by atoms with Crippen LogP contribution in [0.25, 0.3) is 0 Å². The minimum absolute atomic E-state index is 0.110. The van der Waals surface area contributed by atoms with Crippen LogP contribution in [0.15, 0.2) is 36.7 Å². The third-order valence-electron chi connectivity index (χ3n) is 2.71. The third kappa shape index (κ3) is 3.07. The number of benzene rings is 1. The van der Waals surface area contributed by atoms with Gasteiger partial charge in [0.05, 0.1) is 25.0 Å². The molecule has 4 nitrogen and oxygen atoms in total. The number of aliphatic hydroxyl groups is 1. The van der Waals surface area contributed by atoms with Gasteiger partial charge < -0.3 is 10.4 Å². The maximum absolute atomic E-state index is 8.79. The molecule has 0 amide bonds. The first-order valence-electron chi connectivity index (χ1n) is 5.71. The number of aliphatic hydroxyl groups excluding tert-OH is 1. The summed E-state index contributed by atoms with van der Waals surface area (Å²) in [7, 11) is 0. The molecule has 2 N–H and O–H groups in total. The van der Waals surface area contributed by atoms with Gasteiger partial charge in [0.2, 0.25) is 0 Å². The summed E-state index contributed by atoms with van der Waals surface area (Å²) < 4.78 is 1.72. The second kappa shape index (κ2) is 5.50. The van der Waals surface area contributed by atoms with E-state index in [-0.39, 0.29) is 6.61 Å². The minimum Gasteiger partial charge on any atom is -0.394 e. The van der Waals surface area contributed by atoms with Crippen molar-refractivity contribution in [3.8, 4) is 0 Å². The summed E-state index contributed by atoms with van der Waals surface area (Å²) in [5.74, 6) is 0. The van der Waals surface area contributed by atoms with Crippen molar-refractivity contribution in [3.05, 3.63) is 47.8 Å². The van der Waals surface area contributed by atoms with Crippen LogP contribution >= 0.6 is 0 Å². The molecular formula is C13H17N3O. The van der Waals surface area contributed by atoms with Crippen molar-refractivity contribution >= 4 is 5.69 Å². The van der Waals surface area contributed by atoms with Gasteiger partial charge in [0.15, 0.2) is 0 Å². The predicted molar refractivity (Wildman–Crippen MR) is 67.8 cm³/mol. The molecule has 0 aliphatic heterocycles. The number of aryl methyl sites for hydroxylation is 1. The number of hydrogen-bond acceptors (Lipinski definition) is 3. The van der Waals surface area contributed by atoms with Crippen LogP contribution in [0.1, 0.15) is 11.1 Å². The molecule has 0 bridgehead atoms. The van der Waals surface area contributed by atoms with Crippen LogP contribution in [0.3, 0.4) is 0 Å². The van der Waals surface area contributed by atoms with E-state index in [2.05, 4.69) is 29.5 Å². The van der Waals surface area contributed by atoms with Gasteiger partial charge in [0.25, 0.3) is 0 Å². The van der Waals surface area contributed by atoms with Crippen LogP contribution < -0.4 is 5.32 Å². The van der Waals surface area contributed by atoms with Gasteiger partial charge in [-0.25, -0.2) is 0 Å². The average Bonchev–Trinajstić information content (AvgIpc) is 2.76. The minimum atomic E-state index is 0.110. The molecule has 0 aliphatic rings. The highest BCUT2D eigenvalue weighted by Gasteiger charge is 1.99. The van der Waals surface area contributed by atoms with E-state index in [0.29, 0.717) is 6.54 Å². The molecule has 0 aliphatic carbocycles. The van der Waals surface area contributed by atoms with Gasteiger partial charge in [-0.15, -0.1) is 0 Å². The molecule has 0 spiro atoms. The summed E-state index contributed by atoms with van der Waals surface area (Å²) in [4.78, 5) is 0. The Morgan fingerprint density at radius 1 is 1.35 bits per heavy atom. The number of hydrogen-bond donors (Lipinski definition) is 2. The van der Waals surface area contributed by atoms with E-state index in [0.717, 1.165) is 12.2 Å². The van der Waals surface area contributed by atoms with Gasteiger partial charge in [-0.05, 0) is 18.1 Å². The SMILES string of the molecule is Cc1ccccc1CNc1cnn(CCO)c1. The molecule has 1 aromatic heterocycles. The second-order valence-electron chi connectivity index (χ2n) is 4.00. The first-order chi connectivity index (χ1) is 8.29. The fourth-order valence-electron chi connectivity index (χ4n) is 1.69. The molecule has 2 aromatic rings. The van der Waals surface area contributed by atoms with Crippen LogP contribution in [0, 0.1) is 6.92 Å². The fraction of sp³-hybridized carbons (Fsp3) is 0.308. The van der Waals surface area contributed by atoms with E-state index >= 15 is 0 Å². The largest absolute Gasteiger partial charge is 0.394 e. The van der Waals surface area contributed by atoms with E-state index in [4.69, 9.17) is 5.11 Å². The van der Waals surface area contributed by atoms with Crippen molar-refractivity contribution in [2.45, 2.75) is 20.0 Å². The lowest BCUT2D eigenvalue weighted by Gasteiger charge is -2.06. The molecule has 1 heterocycles. The molecule has 2 rings (SSSR count). The highest BCUT2D eigenvalue weighted by molar-refractivity contribution is 5.40. The first-order valence-corrected chi connectivity index (χ1v) is 5.71. The van der Waals surface area contributed by atoms with Gasteiger partial charge in [0, 0.05) is 12.7 Å². The van der Waals surface area contributed by atoms with Crippen LogP contribution in [-0.4, -0.2) is 21.5 Å². The molecule has 0 atom stereocenters. The molecule has 0 radical (unpaired) electrons. The van der Waals surface area contributed by atoms with Crippen molar-refractivity contribution in [3.63, 3.8) is 0 Å². The van der Waals surface area contributed by atoms with Gasteiger partial charge in [-0.1, -0.05) is 24.3 Å². The zero-order chi connectivity index (χ0) is 12.1. The Kier molecular flexibility index (Phi) is 3.77. The molecule has 90 valence electrons. The quantitative estimate of drug-likeness (QED) is 0.825. The average molecular weight is 231 g/mol. The van der Waals surface area contributed by atoms with Gasteiger partial charge in [-0.2, -0.15) is 5.10 Å². The first kappa shape index (κ1) is 11.7. The lowest BCUT2D eigenvalue weighted by molar-refractivity contribution is 0.269. The molecule has 0 unspecified atom stereocenters. The van der Waals surface area contributed by atoms with E-state index in [9.17, 15) is 0 Å². The molecule has 0 fully saturated rings. The number of anilines is 1. The number of nitrogens with one attached hydrogen (secondary N) is 1. The molecule has 17 heavy (non-hydrogen) atoms. The second-order valence-corrected chi connectivity index (χ2v) is 4.00. The number of rotatable bonds is 5. The highest BCUT2D eigenvalue weighted by atomic mass is 16.3. The Morgan fingerprint density at radius 3 is 2.94 bits per heavy atom. The maximum atomic E-state index is 8.79. The van der Waals surface area contributed by atoms with E-state index in [1.54, 1.807) is 10.9 Å². The van der Waals surface area contributed by atoms with Crippen molar-refractivity contribution in [2.75, 3.05) is 11.9 Å². The number of aromatic nitrogens is 2. The Bertz CT molecular complexity index is 479. The third-order valence-corrected chi connectivity index (χ3v) is 2.71. The summed E-state index contributed by atoms with van der Waals surface area (Å²) >= 11 is 0. The summed E-state index contributed by atoms with van der Waals surface area (Å²) in [6, 6.07) is 8.30. The monoisotopic (exact) mass is 231 g/mol. The van der Waals surface area contributed by atoms with Gasteiger partial charge in [-0.3, -0.25) is 4.68 Å². The van der Waals surface area contributed by atoms with E-state index in [1.807, 2.05) is 18.3 Å². The smallest absolute Gasteiger partial charge is 0.0729 e. The van der Waals surface area contributed by atoms with E-state index in [1.165, 1.54) is 11.1 Å². The Labute approximate surface area is 101 Å². The zero-order valence-electron chi connectivity index (χ0n) is 9.93. The number of nitrogens with zero attached hydrogens (tertiary/aromatic N) is 2. The van der Waals surface area contributed by atoms with Crippen LogP contribution in [0.4, 0.5) is 5.69 Å². The van der Waals surface area contributed by atoms with Gasteiger partial charge in [0.1, 0.15) is 0 Å². The van der Waals surface area contributed by atoms with Crippen molar-refractivity contribution in [1.82, 2.24) is 9.78 Å².